The van der Waals surface area contributed by atoms with Crippen molar-refractivity contribution in [3.63, 3.8) is 0 Å². The number of carbonyl (C=O) groups excluding carboxylic acids is 1. The molecule has 0 aliphatic rings. The van der Waals surface area contributed by atoms with E-state index in [0.29, 0.717) is 12.1 Å². The molecule has 0 unspecified atom stereocenters. The molecule has 104 valence electrons. The number of benzene rings is 2. The maximum Gasteiger partial charge on any atom is 0.248 e. The van der Waals surface area contributed by atoms with Gasteiger partial charge in [-0.1, -0.05) is 41.9 Å². The van der Waals surface area contributed by atoms with Crippen LogP contribution in [0, 0.1) is 0 Å². The van der Waals surface area contributed by atoms with Gasteiger partial charge >= 0.3 is 0 Å². The van der Waals surface area contributed by atoms with Gasteiger partial charge in [0.1, 0.15) is 0 Å². The molecule has 0 bridgehead atoms. The fourth-order valence-corrected chi connectivity index (χ4v) is 2.34. The lowest BCUT2D eigenvalue weighted by molar-refractivity contribution is 0.1000. The Kier molecular flexibility index (Phi) is 4.77. The summed E-state index contributed by atoms with van der Waals surface area (Å²) in [6.07, 6.45) is 0. The zero-order valence-corrected chi connectivity index (χ0v) is 12.0. The zero-order valence-electron chi connectivity index (χ0n) is 11.3. The van der Waals surface area contributed by atoms with Gasteiger partial charge < -0.3 is 11.1 Å². The molecule has 0 aromatic heterocycles. The van der Waals surface area contributed by atoms with Crippen LogP contribution >= 0.6 is 11.6 Å². The van der Waals surface area contributed by atoms with Crippen molar-refractivity contribution in [3.8, 4) is 0 Å². The predicted molar refractivity (Wildman–Crippen MR) is 81.7 cm³/mol. The topological polar surface area (TPSA) is 55.1 Å². The minimum atomic E-state index is -0.411. The van der Waals surface area contributed by atoms with Gasteiger partial charge in [-0.25, -0.2) is 0 Å². The van der Waals surface area contributed by atoms with Crippen LogP contribution in [0.25, 0.3) is 0 Å². The molecule has 0 aliphatic carbocycles. The predicted octanol–water partition coefficient (Wildman–Crippen LogP) is 3.29. The van der Waals surface area contributed by atoms with Gasteiger partial charge in [0.2, 0.25) is 5.91 Å². The summed E-state index contributed by atoms with van der Waals surface area (Å²) in [7, 11) is 0. The Labute approximate surface area is 123 Å². The number of hydrogen-bond donors (Lipinski definition) is 2. The Balaban J connectivity index is 2.04. The van der Waals surface area contributed by atoms with Crippen LogP contribution in [0.1, 0.15) is 34.5 Å². The van der Waals surface area contributed by atoms with Gasteiger partial charge in [-0.2, -0.15) is 0 Å². The van der Waals surface area contributed by atoms with Gasteiger partial charge in [0, 0.05) is 23.2 Å². The Morgan fingerprint density at radius 3 is 2.70 bits per heavy atom. The summed E-state index contributed by atoms with van der Waals surface area (Å²) < 4.78 is 0. The lowest BCUT2D eigenvalue weighted by Gasteiger charge is -2.16. The number of hydrogen-bond acceptors (Lipinski definition) is 2. The number of amides is 1. The lowest BCUT2D eigenvalue weighted by atomic mass is 10.1. The van der Waals surface area contributed by atoms with Crippen molar-refractivity contribution in [2.75, 3.05) is 0 Å². The molecular weight excluding hydrogens is 272 g/mol. The third kappa shape index (κ3) is 3.59. The van der Waals surface area contributed by atoms with E-state index in [2.05, 4.69) is 12.2 Å². The normalized spacial score (nSPS) is 12.1. The molecule has 1 atom stereocenters. The second-order valence-electron chi connectivity index (χ2n) is 4.69. The zero-order chi connectivity index (χ0) is 14.5. The Morgan fingerprint density at radius 2 is 2.00 bits per heavy atom. The molecule has 3 nitrogen and oxygen atoms in total. The van der Waals surface area contributed by atoms with Crippen LogP contribution in [0.4, 0.5) is 0 Å². The highest BCUT2D eigenvalue weighted by Crippen LogP contribution is 2.22. The fraction of sp³-hybridized carbons (Fsp3) is 0.188. The van der Waals surface area contributed by atoms with E-state index in [1.807, 2.05) is 36.4 Å². The van der Waals surface area contributed by atoms with E-state index in [0.717, 1.165) is 16.1 Å². The smallest absolute Gasteiger partial charge is 0.248 e. The van der Waals surface area contributed by atoms with E-state index in [-0.39, 0.29) is 6.04 Å². The van der Waals surface area contributed by atoms with Crippen molar-refractivity contribution < 1.29 is 4.79 Å². The van der Waals surface area contributed by atoms with Crippen LogP contribution < -0.4 is 11.1 Å². The molecular formula is C16H17ClN2O. The van der Waals surface area contributed by atoms with E-state index in [1.165, 1.54) is 0 Å². The Hall–Kier alpha value is -1.84. The largest absolute Gasteiger partial charge is 0.366 e. The van der Waals surface area contributed by atoms with Crippen LogP contribution in [0.2, 0.25) is 5.02 Å². The number of primary amides is 1. The summed E-state index contributed by atoms with van der Waals surface area (Å²) in [4.78, 5) is 11.1. The number of halogens is 1. The summed E-state index contributed by atoms with van der Waals surface area (Å²) in [5, 5.41) is 4.13. The Morgan fingerprint density at radius 1 is 1.25 bits per heavy atom. The average molecular weight is 289 g/mol. The quantitative estimate of drug-likeness (QED) is 0.887. The van der Waals surface area contributed by atoms with Gasteiger partial charge in [-0.3, -0.25) is 4.79 Å². The maximum absolute atomic E-state index is 11.1. The summed E-state index contributed by atoms with van der Waals surface area (Å²) in [5.74, 6) is -0.411. The summed E-state index contributed by atoms with van der Waals surface area (Å²) in [6, 6.07) is 15.2. The van der Waals surface area contributed by atoms with E-state index in [1.54, 1.807) is 12.1 Å². The molecule has 0 saturated carbocycles. The first-order valence-corrected chi connectivity index (χ1v) is 6.82. The third-order valence-corrected chi connectivity index (χ3v) is 3.54. The molecule has 1 amide bonds. The van der Waals surface area contributed by atoms with Crippen molar-refractivity contribution in [2.24, 2.45) is 5.73 Å². The highest BCUT2D eigenvalue weighted by molar-refractivity contribution is 6.31. The number of rotatable bonds is 5. The molecule has 0 fully saturated rings. The summed E-state index contributed by atoms with van der Waals surface area (Å²) in [5.41, 5.74) is 7.87. The minimum absolute atomic E-state index is 0.126. The minimum Gasteiger partial charge on any atom is -0.366 e. The molecule has 3 N–H and O–H groups in total. The molecule has 0 radical (unpaired) electrons. The van der Waals surface area contributed by atoms with E-state index in [4.69, 9.17) is 17.3 Å². The highest BCUT2D eigenvalue weighted by Gasteiger charge is 2.08. The maximum atomic E-state index is 11.1. The molecule has 0 spiro atoms. The second-order valence-corrected chi connectivity index (χ2v) is 5.10. The molecule has 2 rings (SSSR count). The van der Waals surface area contributed by atoms with E-state index >= 15 is 0 Å². The van der Waals surface area contributed by atoms with Crippen molar-refractivity contribution in [3.05, 3.63) is 70.2 Å². The van der Waals surface area contributed by atoms with Gasteiger partial charge in [0.05, 0.1) is 0 Å². The standard InChI is InChI=1S/C16H17ClN2O/c1-11(14-7-2-3-8-15(14)17)19-10-12-5-4-6-13(9-12)16(18)20/h2-9,11,19H,10H2,1H3,(H2,18,20)/t11-/m1/s1. The monoisotopic (exact) mass is 288 g/mol. The Bertz CT molecular complexity index is 613. The third-order valence-electron chi connectivity index (χ3n) is 3.20. The van der Waals surface area contributed by atoms with Gasteiger partial charge in [0.15, 0.2) is 0 Å². The molecule has 0 heterocycles. The number of carbonyl (C=O) groups is 1. The molecule has 0 aliphatic heterocycles. The van der Waals surface area contributed by atoms with Crippen molar-refractivity contribution >= 4 is 17.5 Å². The van der Waals surface area contributed by atoms with Gasteiger partial charge in [0.25, 0.3) is 0 Å². The molecule has 2 aromatic carbocycles. The molecule has 0 saturated heterocycles. The molecule has 4 heteroatoms. The molecule has 2 aromatic rings. The van der Waals surface area contributed by atoms with E-state index < -0.39 is 5.91 Å². The first-order chi connectivity index (χ1) is 9.58. The van der Waals surface area contributed by atoms with Crippen molar-refractivity contribution in [1.82, 2.24) is 5.32 Å². The highest BCUT2D eigenvalue weighted by atomic mass is 35.5. The molecule has 20 heavy (non-hydrogen) atoms. The SMILES string of the molecule is C[C@@H](NCc1cccc(C(N)=O)c1)c1ccccc1Cl. The van der Waals surface area contributed by atoms with Crippen LogP contribution in [0.5, 0.6) is 0 Å². The van der Waals surface area contributed by atoms with Crippen LogP contribution in [0.3, 0.4) is 0 Å². The number of nitrogens with two attached hydrogens (primary N) is 1. The van der Waals surface area contributed by atoms with Crippen LogP contribution in [-0.4, -0.2) is 5.91 Å². The van der Waals surface area contributed by atoms with Gasteiger partial charge in [-0.15, -0.1) is 0 Å². The summed E-state index contributed by atoms with van der Waals surface area (Å²) in [6.45, 7) is 2.70. The lowest BCUT2D eigenvalue weighted by Crippen LogP contribution is -2.19. The van der Waals surface area contributed by atoms with Gasteiger partial charge in [-0.05, 0) is 36.2 Å². The first kappa shape index (κ1) is 14.6. The van der Waals surface area contributed by atoms with Crippen LogP contribution in [0.15, 0.2) is 48.5 Å². The fourth-order valence-electron chi connectivity index (χ4n) is 2.04. The van der Waals surface area contributed by atoms with Crippen molar-refractivity contribution in [1.29, 1.82) is 0 Å². The second kappa shape index (κ2) is 6.55. The first-order valence-electron chi connectivity index (χ1n) is 6.44. The number of nitrogens with one attached hydrogen (secondary N) is 1. The summed E-state index contributed by atoms with van der Waals surface area (Å²) >= 11 is 6.17. The van der Waals surface area contributed by atoms with E-state index in [9.17, 15) is 4.79 Å². The van der Waals surface area contributed by atoms with Crippen molar-refractivity contribution in [2.45, 2.75) is 19.5 Å². The van der Waals surface area contributed by atoms with Crippen LogP contribution in [-0.2, 0) is 6.54 Å². The average Bonchev–Trinajstić information content (AvgIpc) is 2.45.